The fourth-order valence-electron chi connectivity index (χ4n) is 3.50. The molecule has 0 aliphatic heterocycles. The predicted molar refractivity (Wildman–Crippen MR) is 134 cm³/mol. The second-order valence-corrected chi connectivity index (χ2v) is 7.79. The lowest BCUT2D eigenvalue weighted by molar-refractivity contribution is 0.251. The lowest BCUT2D eigenvalue weighted by atomic mass is 10.0. The number of hydrogen-bond donors (Lipinski definition) is 3. The van der Waals surface area contributed by atoms with Gasteiger partial charge < -0.3 is 16.0 Å². The third-order valence-corrected chi connectivity index (χ3v) is 5.33. The number of rotatable bonds is 7. The maximum atomic E-state index is 12.2. The van der Waals surface area contributed by atoms with Crippen LogP contribution in [0.3, 0.4) is 0 Å². The Bertz CT molecular complexity index is 1220. The molecule has 1 aromatic heterocycles. The van der Waals surface area contributed by atoms with Gasteiger partial charge in [-0.25, -0.2) is 14.8 Å². The number of nitrogens with one attached hydrogen (secondary N) is 3. The number of nitrogens with zero attached hydrogens (tertiary/aromatic N) is 2. The average Bonchev–Trinajstić information content (AvgIpc) is 2.85. The molecular weight excluding hydrogens is 410 g/mol. The average molecular weight is 438 g/mol. The highest BCUT2D eigenvalue weighted by Crippen LogP contribution is 2.25. The van der Waals surface area contributed by atoms with Crippen molar-refractivity contribution in [2.45, 2.75) is 26.8 Å². The Hall–Kier alpha value is -4.19. The van der Waals surface area contributed by atoms with Crippen LogP contribution in [0.1, 0.15) is 23.6 Å². The number of carbonyl (C=O) groups excluding carboxylic acids is 1. The molecule has 4 aromatic rings. The van der Waals surface area contributed by atoms with Gasteiger partial charge in [0.2, 0.25) is 0 Å². The van der Waals surface area contributed by atoms with Crippen molar-refractivity contribution in [3.8, 4) is 11.3 Å². The first-order valence-corrected chi connectivity index (χ1v) is 11.0. The van der Waals surface area contributed by atoms with Crippen molar-refractivity contribution in [2.24, 2.45) is 0 Å². The fraction of sp³-hybridized carbons (Fsp3) is 0.148. The summed E-state index contributed by atoms with van der Waals surface area (Å²) in [4.78, 5) is 21.0. The van der Waals surface area contributed by atoms with Gasteiger partial charge in [-0.1, -0.05) is 61.0 Å². The van der Waals surface area contributed by atoms with Crippen molar-refractivity contribution in [3.63, 3.8) is 0 Å². The molecule has 0 aliphatic rings. The van der Waals surface area contributed by atoms with E-state index in [1.807, 2.05) is 73.7 Å². The summed E-state index contributed by atoms with van der Waals surface area (Å²) in [7, 11) is 0. The molecule has 166 valence electrons. The van der Waals surface area contributed by atoms with Gasteiger partial charge in [0.15, 0.2) is 0 Å². The number of anilines is 3. The van der Waals surface area contributed by atoms with Crippen molar-refractivity contribution in [3.05, 3.63) is 102 Å². The van der Waals surface area contributed by atoms with Crippen LogP contribution in [0.5, 0.6) is 0 Å². The summed E-state index contributed by atoms with van der Waals surface area (Å²) < 4.78 is 0. The second kappa shape index (κ2) is 10.4. The Morgan fingerprint density at radius 1 is 0.879 bits per heavy atom. The van der Waals surface area contributed by atoms with Gasteiger partial charge in [0.05, 0.1) is 5.69 Å². The maximum absolute atomic E-state index is 12.2. The largest absolute Gasteiger partial charge is 0.340 e. The van der Waals surface area contributed by atoms with Crippen LogP contribution in [0, 0.1) is 6.92 Å². The van der Waals surface area contributed by atoms with Gasteiger partial charge in [0, 0.05) is 29.5 Å². The first kappa shape index (κ1) is 22.0. The summed E-state index contributed by atoms with van der Waals surface area (Å²) in [6.45, 7) is 4.65. The second-order valence-electron chi connectivity index (χ2n) is 7.79. The number of carbonyl (C=O) groups is 1. The molecule has 0 saturated heterocycles. The quantitative estimate of drug-likeness (QED) is 0.327. The van der Waals surface area contributed by atoms with Gasteiger partial charge in [-0.3, -0.25) is 0 Å². The molecule has 0 atom stereocenters. The number of aromatic nitrogens is 2. The molecule has 3 aromatic carbocycles. The molecule has 33 heavy (non-hydrogen) atoms. The topological polar surface area (TPSA) is 78.9 Å². The van der Waals surface area contributed by atoms with Crippen LogP contribution in [0.25, 0.3) is 11.3 Å². The van der Waals surface area contributed by atoms with E-state index in [0.717, 1.165) is 28.9 Å². The van der Waals surface area contributed by atoms with E-state index < -0.39 is 0 Å². The van der Waals surface area contributed by atoms with E-state index in [2.05, 4.69) is 45.0 Å². The van der Waals surface area contributed by atoms with E-state index in [-0.39, 0.29) is 6.03 Å². The zero-order chi connectivity index (χ0) is 23.0. The zero-order valence-electron chi connectivity index (χ0n) is 18.8. The summed E-state index contributed by atoms with van der Waals surface area (Å²) in [5, 5.41) is 9.03. The van der Waals surface area contributed by atoms with Crippen molar-refractivity contribution in [1.29, 1.82) is 0 Å². The first-order chi connectivity index (χ1) is 16.1. The van der Waals surface area contributed by atoms with Gasteiger partial charge in [0.1, 0.15) is 12.1 Å². The van der Waals surface area contributed by atoms with Crippen molar-refractivity contribution < 1.29 is 4.79 Å². The molecule has 0 fully saturated rings. The van der Waals surface area contributed by atoms with Crippen LogP contribution in [0.4, 0.5) is 22.0 Å². The molecule has 0 radical (unpaired) electrons. The minimum atomic E-state index is -0.244. The number of benzene rings is 3. The minimum Gasteiger partial charge on any atom is -0.340 e. The van der Waals surface area contributed by atoms with Gasteiger partial charge >= 0.3 is 6.03 Å². The molecule has 2 amide bonds. The van der Waals surface area contributed by atoms with Gasteiger partial charge in [-0.2, -0.15) is 0 Å². The van der Waals surface area contributed by atoms with Gasteiger partial charge in [0.25, 0.3) is 0 Å². The molecule has 4 rings (SSSR count). The Balaban J connectivity index is 1.36. The van der Waals surface area contributed by atoms with E-state index in [9.17, 15) is 4.79 Å². The Morgan fingerprint density at radius 2 is 1.61 bits per heavy atom. The molecule has 1 heterocycles. The SMILES string of the molecule is CCc1ccccc1-c1cc(Nc2ccc(NC(=O)NCc3ccc(C)cc3)cc2)ncn1. The number of urea groups is 1. The summed E-state index contributed by atoms with van der Waals surface area (Å²) in [6, 6.07) is 25.5. The minimum absolute atomic E-state index is 0.244. The standard InChI is InChI=1S/C27H27N5O/c1-3-21-6-4-5-7-24(21)25-16-26(30-18-29-25)31-22-12-14-23(15-13-22)32-27(33)28-17-20-10-8-19(2)9-11-20/h4-16,18H,3,17H2,1-2H3,(H2,28,32,33)(H,29,30,31). The zero-order valence-corrected chi connectivity index (χ0v) is 18.8. The van der Waals surface area contributed by atoms with Crippen molar-refractivity contribution in [2.75, 3.05) is 10.6 Å². The maximum Gasteiger partial charge on any atom is 0.319 e. The normalized spacial score (nSPS) is 10.5. The predicted octanol–water partition coefficient (Wildman–Crippen LogP) is 6.08. The van der Waals surface area contributed by atoms with Crippen LogP contribution in [-0.4, -0.2) is 16.0 Å². The Labute approximate surface area is 194 Å². The molecule has 0 saturated carbocycles. The van der Waals surface area contributed by atoms with E-state index in [1.165, 1.54) is 11.1 Å². The van der Waals surface area contributed by atoms with E-state index in [4.69, 9.17) is 0 Å². The molecule has 3 N–H and O–H groups in total. The summed E-state index contributed by atoms with van der Waals surface area (Å²) in [5.74, 6) is 0.711. The summed E-state index contributed by atoms with van der Waals surface area (Å²) in [5.41, 5.74) is 7.08. The highest BCUT2D eigenvalue weighted by molar-refractivity contribution is 5.89. The third kappa shape index (κ3) is 5.95. The third-order valence-electron chi connectivity index (χ3n) is 5.33. The summed E-state index contributed by atoms with van der Waals surface area (Å²) >= 11 is 0. The first-order valence-electron chi connectivity index (χ1n) is 11.0. The molecule has 6 nitrogen and oxygen atoms in total. The highest BCUT2D eigenvalue weighted by atomic mass is 16.2. The summed E-state index contributed by atoms with van der Waals surface area (Å²) in [6.07, 6.45) is 2.51. The highest BCUT2D eigenvalue weighted by Gasteiger charge is 2.07. The monoisotopic (exact) mass is 437 g/mol. The van der Waals surface area contributed by atoms with Crippen LogP contribution in [0.2, 0.25) is 0 Å². The molecule has 0 aliphatic carbocycles. The van der Waals surface area contributed by atoms with Crippen molar-refractivity contribution >= 4 is 23.2 Å². The van der Waals surface area contributed by atoms with Gasteiger partial charge in [-0.15, -0.1) is 0 Å². The number of hydrogen-bond acceptors (Lipinski definition) is 4. The van der Waals surface area contributed by atoms with Crippen molar-refractivity contribution in [1.82, 2.24) is 15.3 Å². The Morgan fingerprint density at radius 3 is 2.36 bits per heavy atom. The number of aryl methyl sites for hydroxylation is 2. The van der Waals surface area contributed by atoms with Crippen LogP contribution in [-0.2, 0) is 13.0 Å². The lowest BCUT2D eigenvalue weighted by Crippen LogP contribution is -2.28. The molecule has 0 spiro atoms. The molecular formula is C27H27N5O. The Kier molecular flexibility index (Phi) is 6.95. The smallest absolute Gasteiger partial charge is 0.319 e. The molecule has 0 bridgehead atoms. The van der Waals surface area contributed by atoms with Crippen LogP contribution < -0.4 is 16.0 Å². The van der Waals surface area contributed by atoms with E-state index >= 15 is 0 Å². The molecule has 0 unspecified atom stereocenters. The van der Waals surface area contributed by atoms with Crippen LogP contribution in [0.15, 0.2) is 85.2 Å². The van der Waals surface area contributed by atoms with Crippen LogP contribution >= 0.6 is 0 Å². The van der Waals surface area contributed by atoms with E-state index in [0.29, 0.717) is 18.1 Å². The molecule has 6 heteroatoms. The number of amides is 2. The van der Waals surface area contributed by atoms with E-state index in [1.54, 1.807) is 6.33 Å². The lowest BCUT2D eigenvalue weighted by Gasteiger charge is -2.11. The van der Waals surface area contributed by atoms with Gasteiger partial charge in [-0.05, 0) is 48.7 Å². The fourth-order valence-corrected chi connectivity index (χ4v) is 3.50.